The molecule has 5 N–H and O–H groups in total. The van der Waals surface area contributed by atoms with Crippen molar-refractivity contribution in [1.29, 1.82) is 0 Å². The number of rotatable bonds is 2. The molecule has 0 spiro atoms. The Balaban J connectivity index is 1.76. The molecule has 1 aliphatic heterocycles. The summed E-state index contributed by atoms with van der Waals surface area (Å²) in [6.07, 6.45) is 4.55. The van der Waals surface area contributed by atoms with E-state index in [0.29, 0.717) is 17.9 Å². The minimum absolute atomic E-state index is 0.586. The number of hydrogen-bond acceptors (Lipinski definition) is 3. The zero-order valence-electron chi connectivity index (χ0n) is 10.9. The van der Waals surface area contributed by atoms with Crippen LogP contribution < -0.4 is 16.6 Å². The van der Waals surface area contributed by atoms with Crippen molar-refractivity contribution >= 4 is 10.9 Å². The Kier molecular flexibility index (Phi) is 2.62. The summed E-state index contributed by atoms with van der Waals surface area (Å²) in [4.78, 5) is 3.41. The molecule has 2 aromatic rings. The van der Waals surface area contributed by atoms with Gasteiger partial charge < -0.3 is 10.3 Å². The molecule has 2 aliphatic rings. The molecule has 1 aromatic heterocycles. The minimum atomic E-state index is 0.586. The highest BCUT2D eigenvalue weighted by Crippen LogP contribution is 2.41. The van der Waals surface area contributed by atoms with E-state index in [1.165, 1.54) is 28.5 Å². The summed E-state index contributed by atoms with van der Waals surface area (Å²) < 4.78 is 0. The Morgan fingerprint density at radius 3 is 3.21 bits per heavy atom. The van der Waals surface area contributed by atoms with Crippen molar-refractivity contribution in [2.24, 2.45) is 11.8 Å². The van der Waals surface area contributed by atoms with Crippen LogP contribution in [-0.4, -0.2) is 24.1 Å². The molecule has 1 aromatic carbocycles. The number of aromatic nitrogens is 1. The summed E-state index contributed by atoms with van der Waals surface area (Å²) in [5, 5.41) is 5.18. The smallest absolute Gasteiger partial charge is 0.0459 e. The number of H-pyrrole nitrogens is 1. The molecule has 4 rings (SSSR count). The average molecular weight is 256 g/mol. The van der Waals surface area contributed by atoms with Gasteiger partial charge in [-0.25, -0.2) is 0 Å². The van der Waals surface area contributed by atoms with Crippen LogP contribution >= 0.6 is 0 Å². The first-order valence-corrected chi connectivity index (χ1v) is 7.12. The molecule has 100 valence electrons. The Hall–Kier alpha value is -1.36. The van der Waals surface area contributed by atoms with E-state index in [0.717, 1.165) is 19.5 Å². The third-order valence-electron chi connectivity index (χ3n) is 4.81. The maximum absolute atomic E-state index is 5.48. The van der Waals surface area contributed by atoms with E-state index in [-0.39, 0.29) is 0 Å². The number of aromatic amines is 1. The van der Waals surface area contributed by atoms with E-state index in [9.17, 15) is 0 Å². The van der Waals surface area contributed by atoms with Gasteiger partial charge in [0.15, 0.2) is 0 Å². The molecule has 0 radical (unpaired) electrons. The lowest BCUT2D eigenvalue weighted by atomic mass is 9.73. The lowest BCUT2D eigenvalue weighted by Crippen LogP contribution is -2.49. The molecule has 0 bridgehead atoms. The molecule has 1 aliphatic carbocycles. The normalized spacial score (nSPS) is 29.4. The quantitative estimate of drug-likeness (QED) is 0.483. The number of hydrazine groups is 1. The van der Waals surface area contributed by atoms with E-state index in [1.807, 2.05) is 0 Å². The molecule has 4 heteroatoms. The molecule has 2 heterocycles. The van der Waals surface area contributed by atoms with Gasteiger partial charge >= 0.3 is 0 Å². The van der Waals surface area contributed by atoms with Crippen molar-refractivity contribution in [3.8, 4) is 0 Å². The number of fused-ring (bicyclic) bond motifs is 2. The second-order valence-corrected chi connectivity index (χ2v) is 5.92. The highest BCUT2D eigenvalue weighted by molar-refractivity contribution is 5.88. The van der Waals surface area contributed by atoms with Crippen molar-refractivity contribution in [3.05, 3.63) is 35.5 Å². The Labute approximate surface area is 112 Å². The summed E-state index contributed by atoms with van der Waals surface area (Å²) in [5.74, 6) is 6.73. The molecule has 3 atom stereocenters. The van der Waals surface area contributed by atoms with Crippen LogP contribution in [0.4, 0.5) is 0 Å². The monoisotopic (exact) mass is 256 g/mol. The molecule has 4 nitrogen and oxygen atoms in total. The summed E-state index contributed by atoms with van der Waals surface area (Å²) in [6.45, 7) is 1.97. The maximum Gasteiger partial charge on any atom is 0.0459 e. The molecular weight excluding hydrogens is 236 g/mol. The fourth-order valence-electron chi connectivity index (χ4n) is 3.94. The third-order valence-corrected chi connectivity index (χ3v) is 4.81. The number of nitrogens with one attached hydrogen (secondary N) is 3. The van der Waals surface area contributed by atoms with Crippen LogP contribution in [0.25, 0.3) is 10.9 Å². The van der Waals surface area contributed by atoms with Crippen LogP contribution in [-0.2, 0) is 6.42 Å². The Morgan fingerprint density at radius 1 is 1.37 bits per heavy atom. The molecule has 0 amide bonds. The summed E-state index contributed by atoms with van der Waals surface area (Å²) >= 11 is 0. The fourth-order valence-corrected chi connectivity index (χ4v) is 3.94. The van der Waals surface area contributed by atoms with Gasteiger partial charge in [0.1, 0.15) is 0 Å². The Morgan fingerprint density at radius 2 is 2.32 bits per heavy atom. The SMILES string of the molecule is NNC[C@H]1CN[C@@H]2Cc3c[nH]c4cccc(c34)C2C1. The van der Waals surface area contributed by atoms with Crippen LogP contribution in [0.5, 0.6) is 0 Å². The highest BCUT2D eigenvalue weighted by Gasteiger charge is 2.35. The topological polar surface area (TPSA) is 65.9 Å². The van der Waals surface area contributed by atoms with Crippen molar-refractivity contribution in [2.45, 2.75) is 24.8 Å². The van der Waals surface area contributed by atoms with Crippen LogP contribution in [0, 0.1) is 5.92 Å². The highest BCUT2D eigenvalue weighted by atomic mass is 15.2. The number of benzene rings is 1. The lowest BCUT2D eigenvalue weighted by Gasteiger charge is -2.40. The number of nitrogens with two attached hydrogens (primary N) is 1. The summed E-state index contributed by atoms with van der Waals surface area (Å²) in [7, 11) is 0. The van der Waals surface area contributed by atoms with E-state index < -0.39 is 0 Å². The zero-order valence-corrected chi connectivity index (χ0v) is 10.9. The van der Waals surface area contributed by atoms with Gasteiger partial charge in [-0.15, -0.1) is 0 Å². The Bertz CT molecular complexity index is 603. The van der Waals surface area contributed by atoms with E-state index in [2.05, 4.69) is 40.1 Å². The van der Waals surface area contributed by atoms with E-state index in [4.69, 9.17) is 5.84 Å². The predicted molar refractivity (Wildman–Crippen MR) is 76.8 cm³/mol. The van der Waals surface area contributed by atoms with Gasteiger partial charge in [-0.3, -0.25) is 11.3 Å². The summed E-state index contributed by atoms with van der Waals surface area (Å²) in [5.41, 5.74) is 7.09. The first-order chi connectivity index (χ1) is 9.36. The lowest BCUT2D eigenvalue weighted by molar-refractivity contribution is 0.263. The third kappa shape index (κ3) is 1.71. The molecule has 19 heavy (non-hydrogen) atoms. The zero-order chi connectivity index (χ0) is 12.8. The van der Waals surface area contributed by atoms with Crippen molar-refractivity contribution in [1.82, 2.24) is 15.7 Å². The van der Waals surface area contributed by atoms with Crippen LogP contribution in [0.2, 0.25) is 0 Å². The van der Waals surface area contributed by atoms with Gasteiger partial charge in [0.25, 0.3) is 0 Å². The van der Waals surface area contributed by atoms with Gasteiger partial charge in [0.05, 0.1) is 0 Å². The second-order valence-electron chi connectivity index (χ2n) is 5.92. The fraction of sp³-hybridized carbons (Fsp3) is 0.467. The van der Waals surface area contributed by atoms with Gasteiger partial charge in [-0.05, 0) is 42.5 Å². The molecule has 1 unspecified atom stereocenters. The minimum Gasteiger partial charge on any atom is -0.361 e. The van der Waals surface area contributed by atoms with E-state index in [1.54, 1.807) is 0 Å². The predicted octanol–water partition coefficient (Wildman–Crippen LogP) is 1.25. The first kappa shape index (κ1) is 11.5. The standard InChI is InChI=1S/C15H20N4/c16-19-7-9-4-12-11-2-1-3-13-15(11)10(8-18-13)5-14(12)17-6-9/h1-3,8-9,12,14,17-19H,4-7,16H2/t9-,12?,14-/m1/s1. The number of piperidine rings is 1. The molecular formula is C15H20N4. The van der Waals surface area contributed by atoms with Gasteiger partial charge in [0.2, 0.25) is 0 Å². The first-order valence-electron chi connectivity index (χ1n) is 7.12. The van der Waals surface area contributed by atoms with Gasteiger partial charge in [-0.2, -0.15) is 0 Å². The van der Waals surface area contributed by atoms with E-state index >= 15 is 0 Å². The van der Waals surface area contributed by atoms with Crippen molar-refractivity contribution in [3.63, 3.8) is 0 Å². The average Bonchev–Trinajstić information content (AvgIpc) is 2.85. The van der Waals surface area contributed by atoms with Gasteiger partial charge in [-0.1, -0.05) is 12.1 Å². The molecule has 0 saturated carbocycles. The molecule has 1 fully saturated rings. The van der Waals surface area contributed by atoms with Crippen LogP contribution in [0.3, 0.4) is 0 Å². The number of hydrogen-bond donors (Lipinski definition) is 4. The van der Waals surface area contributed by atoms with Gasteiger partial charge in [0, 0.05) is 35.6 Å². The largest absolute Gasteiger partial charge is 0.361 e. The second kappa shape index (κ2) is 4.34. The van der Waals surface area contributed by atoms with Crippen molar-refractivity contribution < 1.29 is 0 Å². The van der Waals surface area contributed by atoms with Crippen LogP contribution in [0.1, 0.15) is 23.5 Å². The maximum atomic E-state index is 5.48. The molecule has 1 saturated heterocycles. The van der Waals surface area contributed by atoms with Crippen molar-refractivity contribution in [2.75, 3.05) is 13.1 Å². The van der Waals surface area contributed by atoms with Crippen LogP contribution in [0.15, 0.2) is 24.4 Å². The summed E-state index contributed by atoms with van der Waals surface area (Å²) in [6, 6.07) is 7.24.